The second-order valence-corrected chi connectivity index (χ2v) is 9.01. The van der Waals surface area contributed by atoms with Crippen LogP contribution in [0.15, 0.2) is 41.1 Å². The van der Waals surface area contributed by atoms with Crippen molar-refractivity contribution in [2.45, 2.75) is 33.9 Å². The van der Waals surface area contributed by atoms with Crippen LogP contribution in [0.4, 0.5) is 0 Å². The number of nitrogens with zero attached hydrogens (tertiary/aromatic N) is 5. The zero-order valence-corrected chi connectivity index (χ0v) is 17.6. The number of carbonyl (C=O) groups is 2. The van der Waals surface area contributed by atoms with Gasteiger partial charge in [0.05, 0.1) is 29.0 Å². The van der Waals surface area contributed by atoms with Gasteiger partial charge in [0.1, 0.15) is 12.2 Å². The largest absolute Gasteiger partial charge is 0.353 e. The minimum absolute atomic E-state index is 0.115. The third-order valence-electron chi connectivity index (χ3n) is 4.91. The molecule has 4 rings (SSSR count). The van der Waals surface area contributed by atoms with Crippen molar-refractivity contribution in [2.75, 3.05) is 13.1 Å². The predicted molar refractivity (Wildman–Crippen MR) is 113 cm³/mol. The molecule has 1 N–H and O–H groups in total. The zero-order valence-electron chi connectivity index (χ0n) is 16.8. The van der Waals surface area contributed by atoms with Crippen LogP contribution in [-0.2, 0) is 17.9 Å². The summed E-state index contributed by atoms with van der Waals surface area (Å²) in [6, 6.07) is 5.75. The SMILES string of the molecule is CC(C)(C)C1=NN(CC(=O)NCCn2cccn2)C(=O)c2cc3sccc3n2C1. The molecule has 0 saturated carbocycles. The van der Waals surface area contributed by atoms with Crippen molar-refractivity contribution >= 4 is 39.1 Å². The molecule has 0 saturated heterocycles. The van der Waals surface area contributed by atoms with E-state index in [1.54, 1.807) is 22.2 Å². The van der Waals surface area contributed by atoms with Crippen LogP contribution in [0.1, 0.15) is 31.3 Å². The normalized spacial score (nSPS) is 14.7. The standard InChI is InChI=1S/C20H24N6O2S/c1-20(2,3)17-12-25-14-5-10-29-16(14)11-15(25)19(28)26(23-17)13-18(27)21-7-9-24-8-4-6-22-24/h4-6,8,10-11H,7,9,12-13H2,1-3H3,(H,21,27). The van der Waals surface area contributed by atoms with Crippen LogP contribution in [0.5, 0.6) is 0 Å². The molecule has 4 heterocycles. The summed E-state index contributed by atoms with van der Waals surface area (Å²) in [5.74, 6) is -0.501. The lowest BCUT2D eigenvalue weighted by atomic mass is 9.90. The molecular formula is C20H24N6O2S. The first-order chi connectivity index (χ1) is 13.8. The highest BCUT2D eigenvalue weighted by atomic mass is 32.1. The van der Waals surface area contributed by atoms with E-state index in [2.05, 4.69) is 36.3 Å². The van der Waals surface area contributed by atoms with Gasteiger partial charge in [0.2, 0.25) is 5.91 Å². The van der Waals surface area contributed by atoms with E-state index >= 15 is 0 Å². The fraction of sp³-hybridized carbons (Fsp3) is 0.400. The summed E-state index contributed by atoms with van der Waals surface area (Å²) in [5.41, 5.74) is 2.22. The maximum absolute atomic E-state index is 13.2. The van der Waals surface area contributed by atoms with E-state index in [1.165, 1.54) is 5.01 Å². The van der Waals surface area contributed by atoms with Crippen LogP contribution in [0.2, 0.25) is 0 Å². The van der Waals surface area contributed by atoms with Crippen molar-refractivity contribution in [3.05, 3.63) is 41.7 Å². The van der Waals surface area contributed by atoms with Crippen molar-refractivity contribution in [3.63, 3.8) is 0 Å². The predicted octanol–water partition coefficient (Wildman–Crippen LogP) is 2.57. The number of rotatable bonds is 5. The lowest BCUT2D eigenvalue weighted by Gasteiger charge is -2.23. The van der Waals surface area contributed by atoms with E-state index in [9.17, 15) is 9.59 Å². The summed E-state index contributed by atoms with van der Waals surface area (Å²) in [6.45, 7) is 7.62. The monoisotopic (exact) mass is 412 g/mol. The summed E-state index contributed by atoms with van der Waals surface area (Å²) in [5, 5.41) is 14.9. The molecule has 0 unspecified atom stereocenters. The van der Waals surface area contributed by atoms with Gasteiger partial charge in [0.25, 0.3) is 5.91 Å². The molecule has 0 bridgehead atoms. The minimum atomic E-state index is -0.255. The number of amides is 2. The fourth-order valence-electron chi connectivity index (χ4n) is 3.26. The van der Waals surface area contributed by atoms with Gasteiger partial charge >= 0.3 is 0 Å². The Bertz CT molecular complexity index is 1070. The van der Waals surface area contributed by atoms with Gasteiger partial charge in [-0.05, 0) is 23.6 Å². The quantitative estimate of drug-likeness (QED) is 0.699. The van der Waals surface area contributed by atoms with E-state index in [-0.39, 0.29) is 23.8 Å². The Morgan fingerprint density at radius 2 is 2.17 bits per heavy atom. The second kappa shape index (κ2) is 7.47. The Kier molecular flexibility index (Phi) is 4.99. The van der Waals surface area contributed by atoms with Crippen LogP contribution < -0.4 is 5.32 Å². The van der Waals surface area contributed by atoms with Crippen molar-refractivity contribution in [1.29, 1.82) is 0 Å². The van der Waals surface area contributed by atoms with Gasteiger partial charge in [-0.2, -0.15) is 10.2 Å². The van der Waals surface area contributed by atoms with Gasteiger partial charge in [0, 0.05) is 24.4 Å². The van der Waals surface area contributed by atoms with Crippen LogP contribution in [0.25, 0.3) is 10.2 Å². The molecule has 152 valence electrons. The number of thiophene rings is 1. The number of nitrogens with one attached hydrogen (secondary N) is 1. The van der Waals surface area contributed by atoms with Crippen LogP contribution >= 0.6 is 11.3 Å². The van der Waals surface area contributed by atoms with Gasteiger partial charge < -0.3 is 9.88 Å². The highest BCUT2D eigenvalue weighted by Crippen LogP contribution is 2.30. The molecule has 2 amide bonds. The lowest BCUT2D eigenvalue weighted by Crippen LogP contribution is -2.39. The Labute approximate surface area is 172 Å². The third-order valence-corrected chi connectivity index (χ3v) is 5.76. The topological polar surface area (TPSA) is 84.5 Å². The molecule has 0 aromatic carbocycles. The zero-order chi connectivity index (χ0) is 20.6. The first-order valence-corrected chi connectivity index (χ1v) is 10.4. The molecule has 3 aromatic rings. The summed E-state index contributed by atoms with van der Waals surface area (Å²) in [6.07, 6.45) is 3.53. The number of carbonyl (C=O) groups excluding carboxylic acids is 2. The van der Waals surface area contributed by atoms with Gasteiger partial charge in [-0.15, -0.1) is 11.3 Å². The van der Waals surface area contributed by atoms with E-state index in [0.717, 1.165) is 15.9 Å². The van der Waals surface area contributed by atoms with E-state index in [1.807, 2.05) is 34.3 Å². The van der Waals surface area contributed by atoms with Gasteiger partial charge in [-0.1, -0.05) is 20.8 Å². The fourth-order valence-corrected chi connectivity index (χ4v) is 4.08. The Morgan fingerprint density at radius 3 is 2.90 bits per heavy atom. The smallest absolute Gasteiger partial charge is 0.291 e. The third kappa shape index (κ3) is 3.95. The lowest BCUT2D eigenvalue weighted by molar-refractivity contribution is -0.121. The average Bonchev–Trinajstić information content (AvgIpc) is 3.35. The van der Waals surface area contributed by atoms with Crippen molar-refractivity contribution in [2.24, 2.45) is 10.5 Å². The molecule has 1 aliphatic rings. The molecule has 3 aromatic heterocycles. The molecule has 0 radical (unpaired) electrons. The Hall–Kier alpha value is -2.94. The van der Waals surface area contributed by atoms with Crippen LogP contribution in [-0.4, -0.2) is 50.0 Å². The van der Waals surface area contributed by atoms with Crippen molar-refractivity contribution in [3.8, 4) is 0 Å². The molecule has 1 aliphatic heterocycles. The number of hydrazone groups is 1. The van der Waals surface area contributed by atoms with Gasteiger partial charge in [-0.3, -0.25) is 14.3 Å². The first kappa shape index (κ1) is 19.4. The maximum atomic E-state index is 13.2. The van der Waals surface area contributed by atoms with E-state index in [4.69, 9.17) is 0 Å². The van der Waals surface area contributed by atoms with Gasteiger partial charge in [0.15, 0.2) is 0 Å². The molecular weight excluding hydrogens is 388 g/mol. The summed E-state index contributed by atoms with van der Waals surface area (Å²) < 4.78 is 4.81. The Balaban J connectivity index is 1.55. The number of hydrogen-bond acceptors (Lipinski definition) is 5. The summed E-state index contributed by atoms with van der Waals surface area (Å²) >= 11 is 1.60. The molecule has 0 fully saturated rings. The van der Waals surface area contributed by atoms with E-state index in [0.29, 0.717) is 25.3 Å². The van der Waals surface area contributed by atoms with Crippen molar-refractivity contribution < 1.29 is 9.59 Å². The minimum Gasteiger partial charge on any atom is -0.353 e. The first-order valence-electron chi connectivity index (χ1n) is 9.53. The maximum Gasteiger partial charge on any atom is 0.291 e. The Morgan fingerprint density at radius 1 is 1.34 bits per heavy atom. The second-order valence-electron chi connectivity index (χ2n) is 8.06. The molecule has 0 spiro atoms. The number of fused-ring (bicyclic) bond motifs is 3. The van der Waals surface area contributed by atoms with Crippen molar-refractivity contribution in [1.82, 2.24) is 24.7 Å². The molecule has 29 heavy (non-hydrogen) atoms. The van der Waals surface area contributed by atoms with Crippen LogP contribution in [0.3, 0.4) is 0 Å². The van der Waals surface area contributed by atoms with Crippen LogP contribution in [0, 0.1) is 5.41 Å². The number of aromatic nitrogens is 3. The van der Waals surface area contributed by atoms with E-state index < -0.39 is 0 Å². The summed E-state index contributed by atoms with van der Waals surface area (Å²) in [4.78, 5) is 25.7. The highest BCUT2D eigenvalue weighted by molar-refractivity contribution is 7.17. The summed E-state index contributed by atoms with van der Waals surface area (Å²) in [7, 11) is 0. The number of hydrogen-bond donors (Lipinski definition) is 1. The highest BCUT2D eigenvalue weighted by Gasteiger charge is 2.31. The molecule has 0 aliphatic carbocycles. The van der Waals surface area contributed by atoms with Gasteiger partial charge in [-0.25, -0.2) is 5.01 Å². The average molecular weight is 413 g/mol. The molecule has 8 nitrogen and oxygen atoms in total. The molecule has 9 heteroatoms. The molecule has 0 atom stereocenters.